The Morgan fingerprint density at radius 3 is 2.94 bits per heavy atom. The molecule has 3 nitrogen and oxygen atoms in total. The molecule has 0 unspecified atom stereocenters. The minimum atomic E-state index is 0.0438. The summed E-state index contributed by atoms with van der Waals surface area (Å²) in [4.78, 5) is 12.0. The topological polar surface area (TPSA) is 35.5 Å². The molecule has 1 aliphatic rings. The highest BCUT2D eigenvalue weighted by molar-refractivity contribution is 6.13. The van der Waals surface area contributed by atoms with Crippen LogP contribution in [-0.2, 0) is 11.2 Å². The van der Waals surface area contributed by atoms with E-state index in [1.165, 1.54) is 0 Å². The zero-order valence-corrected chi connectivity index (χ0v) is 9.45. The van der Waals surface area contributed by atoms with Crippen LogP contribution < -0.4 is 4.74 Å². The second-order valence-corrected chi connectivity index (χ2v) is 3.63. The fourth-order valence-electron chi connectivity index (χ4n) is 1.79. The molecule has 2 rings (SSSR count). The van der Waals surface area contributed by atoms with Gasteiger partial charge < -0.3 is 9.47 Å². The molecule has 0 saturated heterocycles. The lowest BCUT2D eigenvalue weighted by Crippen LogP contribution is -1.97. The van der Waals surface area contributed by atoms with Crippen molar-refractivity contribution in [1.29, 1.82) is 0 Å². The van der Waals surface area contributed by atoms with Crippen molar-refractivity contribution in [3.63, 3.8) is 0 Å². The Balaban J connectivity index is 2.31. The van der Waals surface area contributed by atoms with E-state index in [2.05, 4.69) is 0 Å². The number of carbonyl (C=O) groups excluding carboxylic acids is 1. The summed E-state index contributed by atoms with van der Waals surface area (Å²) in [6.07, 6.45) is 2.22. The molecule has 16 heavy (non-hydrogen) atoms. The van der Waals surface area contributed by atoms with Gasteiger partial charge in [0.2, 0.25) is 0 Å². The van der Waals surface area contributed by atoms with Crippen LogP contribution in [-0.4, -0.2) is 19.5 Å². The van der Waals surface area contributed by atoms with Gasteiger partial charge in [-0.05, 0) is 24.6 Å². The third-order valence-electron chi connectivity index (χ3n) is 2.63. The Morgan fingerprint density at radius 2 is 2.25 bits per heavy atom. The summed E-state index contributed by atoms with van der Waals surface area (Å²) < 4.78 is 10.3. The number of hydrogen-bond donors (Lipinski definition) is 0. The van der Waals surface area contributed by atoms with Crippen molar-refractivity contribution in [2.75, 3.05) is 13.7 Å². The molecule has 0 spiro atoms. The molecule has 84 valence electrons. The van der Waals surface area contributed by atoms with Gasteiger partial charge in [-0.2, -0.15) is 0 Å². The third-order valence-corrected chi connectivity index (χ3v) is 2.63. The van der Waals surface area contributed by atoms with Crippen molar-refractivity contribution < 1.29 is 14.3 Å². The minimum absolute atomic E-state index is 0.0438. The van der Waals surface area contributed by atoms with E-state index < -0.39 is 0 Å². The quantitative estimate of drug-likeness (QED) is 0.577. The van der Waals surface area contributed by atoms with Crippen LogP contribution in [0.2, 0.25) is 0 Å². The number of methoxy groups -OCH3 is 1. The van der Waals surface area contributed by atoms with Gasteiger partial charge in [-0.25, -0.2) is 0 Å². The summed E-state index contributed by atoms with van der Waals surface area (Å²) in [7, 11) is 1.60. The van der Waals surface area contributed by atoms with Gasteiger partial charge in [-0.1, -0.05) is 6.07 Å². The normalized spacial score (nSPS) is 16.4. The molecule has 1 aromatic carbocycles. The second kappa shape index (κ2) is 4.39. The van der Waals surface area contributed by atoms with E-state index in [9.17, 15) is 4.79 Å². The first-order valence-corrected chi connectivity index (χ1v) is 5.28. The van der Waals surface area contributed by atoms with Crippen LogP contribution in [0.15, 0.2) is 30.0 Å². The summed E-state index contributed by atoms with van der Waals surface area (Å²) >= 11 is 0. The zero-order chi connectivity index (χ0) is 11.5. The number of ketones is 1. The lowest BCUT2D eigenvalue weighted by atomic mass is 10.1. The molecule has 1 aromatic rings. The Morgan fingerprint density at radius 1 is 1.44 bits per heavy atom. The molecular weight excluding hydrogens is 204 g/mol. The largest absolute Gasteiger partial charge is 0.501 e. The van der Waals surface area contributed by atoms with Crippen LogP contribution in [0.5, 0.6) is 5.75 Å². The van der Waals surface area contributed by atoms with Gasteiger partial charge in [0.1, 0.15) is 5.75 Å². The molecule has 0 bridgehead atoms. The van der Waals surface area contributed by atoms with Gasteiger partial charge in [0.05, 0.1) is 20.0 Å². The highest BCUT2D eigenvalue weighted by Gasteiger charge is 2.25. The summed E-state index contributed by atoms with van der Waals surface area (Å²) in [5, 5.41) is 0. The average Bonchev–Trinajstić information content (AvgIpc) is 2.63. The van der Waals surface area contributed by atoms with Crippen molar-refractivity contribution in [2.45, 2.75) is 13.3 Å². The van der Waals surface area contributed by atoms with E-state index in [4.69, 9.17) is 9.47 Å². The zero-order valence-electron chi connectivity index (χ0n) is 9.45. The first-order valence-electron chi connectivity index (χ1n) is 5.28. The highest BCUT2D eigenvalue weighted by Crippen LogP contribution is 2.29. The van der Waals surface area contributed by atoms with E-state index in [0.29, 0.717) is 24.4 Å². The van der Waals surface area contributed by atoms with E-state index in [1.54, 1.807) is 19.4 Å². The number of benzene rings is 1. The SMILES string of the molecule is CCOC=C1Cc2ccc(OC)cc2C1=O. The van der Waals surface area contributed by atoms with E-state index in [0.717, 1.165) is 11.1 Å². The number of Topliss-reactive ketones (excluding diaryl/α,β-unsaturated/α-hetero) is 1. The van der Waals surface area contributed by atoms with Gasteiger partial charge in [-0.15, -0.1) is 0 Å². The van der Waals surface area contributed by atoms with E-state index in [1.807, 2.05) is 19.1 Å². The number of carbonyl (C=O) groups is 1. The van der Waals surface area contributed by atoms with Gasteiger partial charge in [0.15, 0.2) is 5.78 Å². The monoisotopic (exact) mass is 218 g/mol. The van der Waals surface area contributed by atoms with Crippen molar-refractivity contribution in [1.82, 2.24) is 0 Å². The first kappa shape index (κ1) is 10.7. The van der Waals surface area contributed by atoms with Crippen LogP contribution in [0.1, 0.15) is 22.8 Å². The van der Waals surface area contributed by atoms with Crippen LogP contribution >= 0.6 is 0 Å². The summed E-state index contributed by atoms with van der Waals surface area (Å²) in [5.74, 6) is 0.757. The number of hydrogen-bond acceptors (Lipinski definition) is 3. The van der Waals surface area contributed by atoms with Gasteiger partial charge in [0.25, 0.3) is 0 Å². The molecule has 3 heteroatoms. The lowest BCUT2D eigenvalue weighted by Gasteiger charge is -2.01. The summed E-state index contributed by atoms with van der Waals surface area (Å²) in [6.45, 7) is 2.48. The van der Waals surface area contributed by atoms with E-state index in [-0.39, 0.29) is 5.78 Å². The predicted molar refractivity (Wildman–Crippen MR) is 60.7 cm³/mol. The average molecular weight is 218 g/mol. The Labute approximate surface area is 94.7 Å². The maximum atomic E-state index is 12.0. The number of ether oxygens (including phenoxy) is 2. The highest BCUT2D eigenvalue weighted by atomic mass is 16.5. The Kier molecular flexibility index (Phi) is 2.95. The molecule has 0 amide bonds. The van der Waals surface area contributed by atoms with Gasteiger partial charge in [-0.3, -0.25) is 4.79 Å². The molecule has 0 N–H and O–H groups in total. The van der Waals surface area contributed by atoms with Crippen molar-refractivity contribution >= 4 is 5.78 Å². The third kappa shape index (κ3) is 1.81. The number of allylic oxidation sites excluding steroid dienone is 1. The molecule has 1 aliphatic carbocycles. The molecule has 0 fully saturated rings. The molecule has 0 radical (unpaired) electrons. The summed E-state index contributed by atoms with van der Waals surface area (Å²) in [5.41, 5.74) is 2.48. The predicted octanol–water partition coefficient (Wildman–Crippen LogP) is 2.35. The molecule has 0 saturated carbocycles. The first-order chi connectivity index (χ1) is 7.76. The number of fused-ring (bicyclic) bond motifs is 1. The molecule has 0 aromatic heterocycles. The lowest BCUT2D eigenvalue weighted by molar-refractivity contribution is 0.103. The standard InChI is InChI=1S/C13H14O3/c1-3-16-8-10-6-9-4-5-11(15-2)7-12(9)13(10)14/h4-5,7-8H,3,6H2,1-2H3. The maximum absolute atomic E-state index is 12.0. The fourth-order valence-corrected chi connectivity index (χ4v) is 1.79. The van der Waals surface area contributed by atoms with Crippen LogP contribution in [0.4, 0.5) is 0 Å². The second-order valence-electron chi connectivity index (χ2n) is 3.63. The van der Waals surface area contributed by atoms with Gasteiger partial charge in [0, 0.05) is 17.6 Å². The molecule has 0 aliphatic heterocycles. The van der Waals surface area contributed by atoms with Crippen LogP contribution in [0.25, 0.3) is 0 Å². The van der Waals surface area contributed by atoms with Crippen molar-refractivity contribution in [2.24, 2.45) is 0 Å². The molecule has 0 heterocycles. The minimum Gasteiger partial charge on any atom is -0.501 e. The van der Waals surface area contributed by atoms with Crippen molar-refractivity contribution in [3.05, 3.63) is 41.2 Å². The summed E-state index contributed by atoms with van der Waals surface area (Å²) in [6, 6.07) is 5.58. The van der Waals surface area contributed by atoms with E-state index >= 15 is 0 Å². The van der Waals surface area contributed by atoms with Crippen LogP contribution in [0.3, 0.4) is 0 Å². The molecule has 0 atom stereocenters. The van der Waals surface area contributed by atoms with Crippen molar-refractivity contribution in [3.8, 4) is 5.75 Å². The smallest absolute Gasteiger partial charge is 0.192 e. The van der Waals surface area contributed by atoms with Gasteiger partial charge >= 0.3 is 0 Å². The fraction of sp³-hybridized carbons (Fsp3) is 0.308. The maximum Gasteiger partial charge on any atom is 0.192 e. The Bertz CT molecular complexity index is 446. The number of rotatable bonds is 3. The Hall–Kier alpha value is -1.77. The van der Waals surface area contributed by atoms with Crippen LogP contribution in [0, 0.1) is 0 Å². The molecular formula is C13H14O3.